The molecule has 1 aromatic heterocycles. The van der Waals surface area contributed by atoms with Crippen molar-refractivity contribution in [1.29, 1.82) is 0 Å². The van der Waals surface area contributed by atoms with Crippen LogP contribution in [0.3, 0.4) is 0 Å². The number of anilines is 1. The lowest BCUT2D eigenvalue weighted by atomic mass is 10.2. The molecule has 0 fully saturated rings. The molecule has 2 aromatic carbocycles. The van der Waals surface area contributed by atoms with Crippen LogP contribution in [0, 0.1) is 0 Å². The topological polar surface area (TPSA) is 81.8 Å². The van der Waals surface area contributed by atoms with Crippen molar-refractivity contribution in [3.05, 3.63) is 58.9 Å². The Hall–Kier alpha value is -2.33. The van der Waals surface area contributed by atoms with E-state index in [9.17, 15) is 0 Å². The quantitative estimate of drug-likeness (QED) is 0.301. The summed E-state index contributed by atoms with van der Waals surface area (Å²) in [7, 11) is 3.18. The number of aromatic nitrogens is 1. The lowest BCUT2D eigenvalue weighted by molar-refractivity contribution is 0.355. The summed E-state index contributed by atoms with van der Waals surface area (Å²) in [6.45, 7) is 0.420. The summed E-state index contributed by atoms with van der Waals surface area (Å²) < 4.78 is 10.5. The van der Waals surface area contributed by atoms with Crippen LogP contribution in [0.4, 0.5) is 5.69 Å². The highest BCUT2D eigenvalue weighted by atomic mass is 127. The SMILES string of the molecule is COc1ccc(NC(N)=NCc2nc(-c3ccccc3)cs2)cc1OC.I. The van der Waals surface area contributed by atoms with Gasteiger partial charge in [-0.15, -0.1) is 35.3 Å². The maximum Gasteiger partial charge on any atom is 0.193 e. The number of nitrogens with one attached hydrogen (secondary N) is 1. The molecule has 3 rings (SSSR count). The molecular weight excluding hydrogens is 475 g/mol. The zero-order valence-corrected chi connectivity index (χ0v) is 18.2. The predicted octanol–water partition coefficient (Wildman–Crippen LogP) is 4.37. The highest BCUT2D eigenvalue weighted by Gasteiger charge is 2.06. The van der Waals surface area contributed by atoms with E-state index in [-0.39, 0.29) is 24.0 Å². The number of ether oxygens (including phenoxy) is 2. The lowest BCUT2D eigenvalue weighted by Gasteiger charge is -2.10. The Labute approximate surface area is 179 Å². The number of nitrogens with two attached hydrogens (primary N) is 1. The minimum absolute atomic E-state index is 0. The minimum Gasteiger partial charge on any atom is -0.493 e. The number of hydrogen-bond donors (Lipinski definition) is 2. The van der Waals surface area contributed by atoms with Gasteiger partial charge in [0.15, 0.2) is 17.5 Å². The smallest absolute Gasteiger partial charge is 0.193 e. The molecule has 0 aliphatic heterocycles. The van der Waals surface area contributed by atoms with Crippen molar-refractivity contribution in [3.8, 4) is 22.8 Å². The van der Waals surface area contributed by atoms with E-state index in [4.69, 9.17) is 15.2 Å². The molecule has 0 radical (unpaired) electrons. The molecule has 142 valence electrons. The highest BCUT2D eigenvalue weighted by Crippen LogP contribution is 2.29. The predicted molar refractivity (Wildman–Crippen MR) is 121 cm³/mol. The fraction of sp³-hybridized carbons (Fsp3) is 0.158. The first-order valence-electron chi connectivity index (χ1n) is 7.98. The second kappa shape index (κ2) is 10.1. The molecule has 8 heteroatoms. The molecule has 27 heavy (non-hydrogen) atoms. The van der Waals surface area contributed by atoms with E-state index >= 15 is 0 Å². The summed E-state index contributed by atoms with van der Waals surface area (Å²) in [5.41, 5.74) is 8.79. The molecule has 6 nitrogen and oxygen atoms in total. The average Bonchev–Trinajstić information content (AvgIpc) is 3.16. The fourth-order valence-electron chi connectivity index (χ4n) is 2.38. The maximum atomic E-state index is 5.98. The van der Waals surface area contributed by atoms with Crippen LogP contribution in [0.15, 0.2) is 58.9 Å². The third kappa shape index (κ3) is 5.57. The Morgan fingerprint density at radius 2 is 1.85 bits per heavy atom. The van der Waals surface area contributed by atoms with Crippen LogP contribution in [-0.4, -0.2) is 25.2 Å². The van der Waals surface area contributed by atoms with Crippen LogP contribution in [0.1, 0.15) is 5.01 Å². The Bertz CT molecular complexity index is 900. The molecule has 0 bridgehead atoms. The van der Waals surface area contributed by atoms with E-state index in [1.54, 1.807) is 37.7 Å². The number of nitrogens with zero attached hydrogens (tertiary/aromatic N) is 2. The average molecular weight is 496 g/mol. The van der Waals surface area contributed by atoms with Gasteiger partial charge in [-0.25, -0.2) is 9.98 Å². The monoisotopic (exact) mass is 496 g/mol. The van der Waals surface area contributed by atoms with E-state index in [1.807, 2.05) is 41.8 Å². The number of benzene rings is 2. The lowest BCUT2D eigenvalue weighted by Crippen LogP contribution is -2.22. The molecule has 0 aliphatic rings. The van der Waals surface area contributed by atoms with Gasteiger partial charge in [-0.3, -0.25) is 0 Å². The van der Waals surface area contributed by atoms with Crippen LogP contribution < -0.4 is 20.5 Å². The van der Waals surface area contributed by atoms with Gasteiger partial charge in [0.25, 0.3) is 0 Å². The van der Waals surface area contributed by atoms with Crippen molar-refractivity contribution < 1.29 is 9.47 Å². The Morgan fingerprint density at radius 3 is 2.56 bits per heavy atom. The van der Waals surface area contributed by atoms with Gasteiger partial charge in [0.2, 0.25) is 0 Å². The number of guanidine groups is 1. The molecule has 0 saturated heterocycles. The van der Waals surface area contributed by atoms with Gasteiger partial charge in [-0.2, -0.15) is 0 Å². The van der Waals surface area contributed by atoms with Gasteiger partial charge >= 0.3 is 0 Å². The van der Waals surface area contributed by atoms with Gasteiger partial charge in [0, 0.05) is 22.7 Å². The molecule has 0 atom stereocenters. The Kier molecular flexibility index (Phi) is 7.86. The van der Waals surface area contributed by atoms with Gasteiger partial charge in [0.1, 0.15) is 5.01 Å². The van der Waals surface area contributed by atoms with Crippen molar-refractivity contribution in [3.63, 3.8) is 0 Å². The molecule has 1 heterocycles. The van der Waals surface area contributed by atoms with Gasteiger partial charge < -0.3 is 20.5 Å². The maximum absolute atomic E-state index is 5.98. The minimum atomic E-state index is 0. The number of aliphatic imine (C=N–C) groups is 1. The first-order valence-corrected chi connectivity index (χ1v) is 8.86. The first-order chi connectivity index (χ1) is 12.7. The van der Waals surface area contributed by atoms with Crippen LogP contribution in [-0.2, 0) is 6.54 Å². The van der Waals surface area contributed by atoms with E-state index < -0.39 is 0 Å². The van der Waals surface area contributed by atoms with Gasteiger partial charge in [-0.05, 0) is 12.1 Å². The van der Waals surface area contributed by atoms with Gasteiger partial charge in [-0.1, -0.05) is 30.3 Å². The number of halogens is 1. The Morgan fingerprint density at radius 1 is 1.11 bits per heavy atom. The third-order valence-electron chi connectivity index (χ3n) is 3.66. The molecule has 3 aromatic rings. The van der Waals surface area contributed by atoms with Crippen molar-refractivity contribution in [2.24, 2.45) is 10.7 Å². The summed E-state index contributed by atoms with van der Waals surface area (Å²) in [5, 5.41) is 5.98. The molecule has 0 spiro atoms. The van der Waals surface area contributed by atoms with Crippen LogP contribution in [0.5, 0.6) is 11.5 Å². The van der Waals surface area contributed by atoms with Crippen molar-refractivity contribution in [1.82, 2.24) is 4.98 Å². The first kappa shape index (κ1) is 21.0. The number of hydrogen-bond acceptors (Lipinski definition) is 5. The number of rotatable bonds is 6. The summed E-state index contributed by atoms with van der Waals surface area (Å²) in [6, 6.07) is 15.5. The molecule has 0 unspecified atom stereocenters. The third-order valence-corrected chi connectivity index (χ3v) is 4.50. The number of thiazole rings is 1. The summed E-state index contributed by atoms with van der Waals surface area (Å²) in [5.74, 6) is 1.59. The summed E-state index contributed by atoms with van der Waals surface area (Å²) in [4.78, 5) is 8.96. The second-order valence-corrected chi connectivity index (χ2v) is 6.33. The fourth-order valence-corrected chi connectivity index (χ4v) is 3.11. The molecular formula is C19H21IN4O2S. The van der Waals surface area contributed by atoms with E-state index in [1.165, 1.54) is 0 Å². The highest BCUT2D eigenvalue weighted by molar-refractivity contribution is 14.0. The van der Waals surface area contributed by atoms with Crippen LogP contribution >= 0.6 is 35.3 Å². The number of methoxy groups -OCH3 is 2. The van der Waals surface area contributed by atoms with Crippen LogP contribution in [0.2, 0.25) is 0 Å². The van der Waals surface area contributed by atoms with Crippen LogP contribution in [0.25, 0.3) is 11.3 Å². The standard InChI is InChI=1S/C19H20N4O2S.HI/c1-24-16-9-8-14(10-17(16)25-2)22-19(20)21-11-18-23-15(12-26-18)13-6-4-3-5-7-13;/h3-10,12H,11H2,1-2H3,(H3,20,21,22);1H. The largest absolute Gasteiger partial charge is 0.493 e. The molecule has 0 saturated carbocycles. The van der Waals surface area contributed by atoms with Gasteiger partial charge in [0.05, 0.1) is 26.5 Å². The summed E-state index contributed by atoms with van der Waals surface area (Å²) >= 11 is 1.57. The summed E-state index contributed by atoms with van der Waals surface area (Å²) in [6.07, 6.45) is 0. The zero-order valence-electron chi connectivity index (χ0n) is 15.0. The second-order valence-electron chi connectivity index (χ2n) is 5.39. The molecule has 3 N–H and O–H groups in total. The molecule has 0 amide bonds. The zero-order chi connectivity index (χ0) is 18.4. The van der Waals surface area contributed by atoms with E-state index in [2.05, 4.69) is 15.3 Å². The normalized spacial score (nSPS) is 10.8. The van der Waals surface area contributed by atoms with Crippen molar-refractivity contribution in [2.75, 3.05) is 19.5 Å². The molecule has 0 aliphatic carbocycles. The Balaban J connectivity index is 0.00000261. The van der Waals surface area contributed by atoms with Crippen molar-refractivity contribution in [2.45, 2.75) is 6.54 Å². The van der Waals surface area contributed by atoms with Crippen molar-refractivity contribution >= 4 is 47.0 Å². The van der Waals surface area contributed by atoms with E-state index in [0.29, 0.717) is 24.0 Å². The van der Waals surface area contributed by atoms with E-state index in [0.717, 1.165) is 22.0 Å².